The summed E-state index contributed by atoms with van der Waals surface area (Å²) in [6.07, 6.45) is 0. The van der Waals surface area contributed by atoms with Gasteiger partial charge in [-0.05, 0) is 13.0 Å². The third kappa shape index (κ3) is 1.08. The summed E-state index contributed by atoms with van der Waals surface area (Å²) in [6, 6.07) is 5.43. The molecule has 1 aromatic carbocycles. The molecule has 0 spiro atoms. The number of benzene rings is 1. The predicted molar refractivity (Wildman–Crippen MR) is 41.9 cm³/mol. The standard InChI is InChI=1S/C8H8N2/c1-6-3-4-7(9)8(5-6)10-2/h3-5H,9H2,1H3. The van der Waals surface area contributed by atoms with Gasteiger partial charge in [0.2, 0.25) is 5.69 Å². The average Bonchev–Trinajstić information content (AvgIpc) is 1.94. The van der Waals surface area contributed by atoms with Crippen molar-refractivity contribution in [2.75, 3.05) is 5.73 Å². The van der Waals surface area contributed by atoms with Gasteiger partial charge in [0.1, 0.15) is 0 Å². The fourth-order valence-electron chi connectivity index (χ4n) is 0.751. The number of hydrogen-bond acceptors (Lipinski definition) is 1. The molecule has 0 unspecified atom stereocenters. The minimum Gasteiger partial charge on any atom is -0.407 e. The molecular formula is C8H8N2. The van der Waals surface area contributed by atoms with Gasteiger partial charge in [0, 0.05) is 5.69 Å². The largest absolute Gasteiger partial charge is 0.407 e. The second kappa shape index (κ2) is 2.40. The Morgan fingerprint density at radius 2 is 2.20 bits per heavy atom. The van der Waals surface area contributed by atoms with Gasteiger partial charge in [0.05, 0.1) is 6.57 Å². The molecule has 0 aliphatic heterocycles. The predicted octanol–water partition coefficient (Wildman–Crippen LogP) is 2.13. The average molecular weight is 132 g/mol. The topological polar surface area (TPSA) is 30.4 Å². The summed E-state index contributed by atoms with van der Waals surface area (Å²) in [6.45, 7) is 8.66. The van der Waals surface area contributed by atoms with Crippen LogP contribution in [0.25, 0.3) is 4.85 Å². The highest BCUT2D eigenvalue weighted by Crippen LogP contribution is 2.22. The zero-order chi connectivity index (χ0) is 7.56. The number of nitrogen functional groups attached to an aromatic ring is 1. The second-order valence-electron chi connectivity index (χ2n) is 2.17. The Morgan fingerprint density at radius 3 is 2.70 bits per heavy atom. The van der Waals surface area contributed by atoms with Gasteiger partial charge in [0.15, 0.2) is 0 Å². The molecule has 0 aliphatic carbocycles. The minimum atomic E-state index is 0.542. The Labute approximate surface area is 60.1 Å². The lowest BCUT2D eigenvalue weighted by Gasteiger charge is -1.96. The molecule has 10 heavy (non-hydrogen) atoms. The molecule has 0 saturated carbocycles. The summed E-state index contributed by atoms with van der Waals surface area (Å²) in [5.41, 5.74) is 7.65. The molecule has 0 heterocycles. The second-order valence-corrected chi connectivity index (χ2v) is 2.17. The highest BCUT2D eigenvalue weighted by atomic mass is 14.7. The molecule has 1 rings (SSSR count). The maximum atomic E-state index is 6.73. The van der Waals surface area contributed by atoms with Crippen molar-refractivity contribution in [1.29, 1.82) is 0 Å². The lowest BCUT2D eigenvalue weighted by atomic mass is 10.2. The van der Waals surface area contributed by atoms with Crippen molar-refractivity contribution in [3.05, 3.63) is 35.2 Å². The van der Waals surface area contributed by atoms with Crippen molar-refractivity contribution in [3.63, 3.8) is 0 Å². The monoisotopic (exact) mass is 132 g/mol. The molecule has 0 aromatic heterocycles. The van der Waals surface area contributed by atoms with Crippen LogP contribution in [-0.4, -0.2) is 0 Å². The van der Waals surface area contributed by atoms with E-state index >= 15 is 0 Å². The normalized spacial score (nSPS) is 8.80. The Bertz CT molecular complexity index is 284. The Hall–Kier alpha value is -1.49. The number of hydrogen-bond donors (Lipinski definition) is 1. The van der Waals surface area contributed by atoms with Crippen LogP contribution in [0.15, 0.2) is 18.2 Å². The van der Waals surface area contributed by atoms with Gasteiger partial charge >= 0.3 is 0 Å². The van der Waals surface area contributed by atoms with E-state index in [1.165, 1.54) is 0 Å². The van der Waals surface area contributed by atoms with E-state index in [4.69, 9.17) is 12.3 Å². The lowest BCUT2D eigenvalue weighted by Crippen LogP contribution is -1.83. The number of nitrogens with zero attached hydrogens (tertiary/aromatic N) is 1. The van der Waals surface area contributed by atoms with Gasteiger partial charge in [-0.2, -0.15) is 0 Å². The summed E-state index contributed by atoms with van der Waals surface area (Å²) in [5.74, 6) is 0. The number of nitrogens with two attached hydrogens (primary N) is 1. The first-order chi connectivity index (χ1) is 4.74. The van der Waals surface area contributed by atoms with Crippen molar-refractivity contribution >= 4 is 11.4 Å². The van der Waals surface area contributed by atoms with E-state index in [-0.39, 0.29) is 0 Å². The molecule has 1 aromatic rings. The highest BCUT2D eigenvalue weighted by Gasteiger charge is 1.95. The number of rotatable bonds is 0. The van der Waals surface area contributed by atoms with Gasteiger partial charge in [-0.15, -0.1) is 0 Å². The maximum Gasteiger partial charge on any atom is 0.209 e. The zero-order valence-electron chi connectivity index (χ0n) is 5.76. The Kier molecular flexibility index (Phi) is 1.59. The van der Waals surface area contributed by atoms with E-state index in [1.807, 2.05) is 13.0 Å². The number of aryl methyl sites for hydroxylation is 1. The number of anilines is 1. The van der Waals surface area contributed by atoms with E-state index in [0.29, 0.717) is 11.4 Å². The fourth-order valence-corrected chi connectivity index (χ4v) is 0.751. The zero-order valence-corrected chi connectivity index (χ0v) is 5.76. The molecule has 0 radical (unpaired) electrons. The van der Waals surface area contributed by atoms with Crippen LogP contribution in [0.2, 0.25) is 0 Å². The van der Waals surface area contributed by atoms with E-state index in [2.05, 4.69) is 4.85 Å². The summed E-state index contributed by atoms with van der Waals surface area (Å²) in [5, 5.41) is 0. The van der Waals surface area contributed by atoms with E-state index in [9.17, 15) is 0 Å². The van der Waals surface area contributed by atoms with Crippen molar-refractivity contribution in [2.45, 2.75) is 6.92 Å². The molecular weight excluding hydrogens is 124 g/mol. The molecule has 0 fully saturated rings. The molecule has 50 valence electrons. The van der Waals surface area contributed by atoms with Gasteiger partial charge in [-0.1, -0.05) is 17.7 Å². The highest BCUT2D eigenvalue weighted by molar-refractivity contribution is 5.67. The quantitative estimate of drug-likeness (QED) is 0.425. The van der Waals surface area contributed by atoms with Gasteiger partial charge < -0.3 is 5.73 Å². The van der Waals surface area contributed by atoms with Crippen LogP contribution >= 0.6 is 0 Å². The molecule has 0 atom stereocenters. The van der Waals surface area contributed by atoms with E-state index < -0.39 is 0 Å². The van der Waals surface area contributed by atoms with Crippen molar-refractivity contribution in [1.82, 2.24) is 0 Å². The van der Waals surface area contributed by atoms with Crippen molar-refractivity contribution < 1.29 is 0 Å². The summed E-state index contributed by atoms with van der Waals surface area (Å²) >= 11 is 0. The van der Waals surface area contributed by atoms with E-state index in [1.54, 1.807) is 12.1 Å². The molecule has 0 saturated heterocycles. The summed E-state index contributed by atoms with van der Waals surface area (Å²) in [4.78, 5) is 3.26. The van der Waals surface area contributed by atoms with Gasteiger partial charge in [-0.25, -0.2) is 4.85 Å². The molecule has 0 bridgehead atoms. The lowest BCUT2D eigenvalue weighted by molar-refractivity contribution is 1.48. The van der Waals surface area contributed by atoms with Crippen LogP contribution in [0.3, 0.4) is 0 Å². The summed E-state index contributed by atoms with van der Waals surface area (Å²) < 4.78 is 0. The summed E-state index contributed by atoms with van der Waals surface area (Å²) in [7, 11) is 0. The maximum absolute atomic E-state index is 6.73. The minimum absolute atomic E-state index is 0.542. The van der Waals surface area contributed by atoms with Crippen LogP contribution in [0.4, 0.5) is 11.4 Å². The molecule has 2 N–H and O–H groups in total. The van der Waals surface area contributed by atoms with Gasteiger partial charge in [0.25, 0.3) is 0 Å². The fraction of sp³-hybridized carbons (Fsp3) is 0.125. The first kappa shape index (κ1) is 6.63. The Morgan fingerprint density at radius 1 is 1.50 bits per heavy atom. The van der Waals surface area contributed by atoms with E-state index in [0.717, 1.165) is 5.56 Å². The van der Waals surface area contributed by atoms with Crippen molar-refractivity contribution in [3.8, 4) is 0 Å². The Balaban J connectivity index is 3.25. The van der Waals surface area contributed by atoms with Crippen LogP contribution in [0.1, 0.15) is 5.56 Å². The molecule has 0 aliphatic rings. The molecule has 2 heteroatoms. The van der Waals surface area contributed by atoms with Crippen LogP contribution in [0, 0.1) is 13.5 Å². The first-order valence-electron chi connectivity index (χ1n) is 2.97. The first-order valence-corrected chi connectivity index (χ1v) is 2.97. The molecule has 2 nitrogen and oxygen atoms in total. The van der Waals surface area contributed by atoms with Gasteiger partial charge in [-0.3, -0.25) is 0 Å². The third-order valence-corrected chi connectivity index (χ3v) is 1.31. The smallest absolute Gasteiger partial charge is 0.209 e. The van der Waals surface area contributed by atoms with Crippen LogP contribution in [0.5, 0.6) is 0 Å². The molecule has 0 amide bonds. The van der Waals surface area contributed by atoms with Crippen molar-refractivity contribution in [2.24, 2.45) is 0 Å². The van der Waals surface area contributed by atoms with Crippen LogP contribution in [-0.2, 0) is 0 Å². The SMILES string of the molecule is [C-]#[N+]c1cc(C)ccc1N. The van der Waals surface area contributed by atoms with Crippen LogP contribution < -0.4 is 5.73 Å². The third-order valence-electron chi connectivity index (χ3n) is 1.31.